The highest BCUT2D eigenvalue weighted by Crippen LogP contribution is 2.41. The number of hydrogen-bond acceptors (Lipinski definition) is 3. The minimum atomic E-state index is 0.148. The molecular weight excluding hydrogens is 753 g/mol. The van der Waals surface area contributed by atoms with Crippen molar-refractivity contribution in [3.8, 4) is 11.1 Å². The summed E-state index contributed by atoms with van der Waals surface area (Å²) in [6.45, 7) is 0.554. The molecule has 4 nitrogen and oxygen atoms in total. The lowest BCUT2D eigenvalue weighted by atomic mass is 9.81. The molecule has 0 fully saturated rings. The van der Waals surface area contributed by atoms with Gasteiger partial charge in [0.2, 0.25) is 0 Å². The standard InChI is InChI=1S/C58H52N4/c59-54(43-18-4-1-5-19-43)39-56(44-20-6-2-7-21-44)60-40-41-17-14-22-45(37-41)46-23-15-24-47(38-46)50-27-10-12-31-55(50)61-48-35-33-42(34-36-48)51-29-16-30-53-52-28-11-13-32-57(52)62(58(51)53)49-25-8-3-9-26-49/h1-8,10,12-14,16-23,25,27,29-39,50,55,61H,9,11,15,24,26,28,40,59H2/b54-39-,60-56+. The van der Waals surface area contributed by atoms with Crippen LogP contribution in [-0.4, -0.2) is 16.3 Å². The number of nitrogens with two attached hydrogens (primary N) is 1. The third-order valence-electron chi connectivity index (χ3n) is 12.6. The van der Waals surface area contributed by atoms with E-state index in [1.807, 2.05) is 54.6 Å². The average Bonchev–Trinajstić information content (AvgIpc) is 3.69. The normalized spacial score (nSPS) is 18.6. The number of nitrogens with one attached hydrogen (secondary N) is 1. The van der Waals surface area contributed by atoms with Crippen molar-refractivity contribution in [1.82, 2.24) is 4.57 Å². The molecular formula is C58H52N4. The fraction of sp³-hybridized carbons (Fsp3) is 0.155. The van der Waals surface area contributed by atoms with Crippen molar-refractivity contribution in [2.24, 2.45) is 16.6 Å². The van der Waals surface area contributed by atoms with Gasteiger partial charge < -0.3 is 15.6 Å². The predicted octanol–water partition coefficient (Wildman–Crippen LogP) is 13.8. The van der Waals surface area contributed by atoms with Crippen molar-refractivity contribution in [3.63, 3.8) is 0 Å². The highest BCUT2D eigenvalue weighted by atomic mass is 15.0. The van der Waals surface area contributed by atoms with E-state index < -0.39 is 0 Å². The zero-order valence-corrected chi connectivity index (χ0v) is 35.1. The van der Waals surface area contributed by atoms with Crippen LogP contribution in [0.1, 0.15) is 65.6 Å². The molecule has 1 heterocycles. The molecule has 2 atom stereocenters. The number of aryl methyl sites for hydroxylation is 1. The van der Waals surface area contributed by atoms with Gasteiger partial charge in [-0.2, -0.15) is 0 Å². The number of nitrogens with zero attached hydrogens (tertiary/aromatic N) is 2. The van der Waals surface area contributed by atoms with Gasteiger partial charge >= 0.3 is 0 Å². The zero-order chi connectivity index (χ0) is 41.7. The Bertz CT molecular complexity index is 2890. The van der Waals surface area contributed by atoms with E-state index in [0.717, 1.165) is 66.6 Å². The Morgan fingerprint density at radius 3 is 2.34 bits per heavy atom. The molecule has 0 spiro atoms. The van der Waals surface area contributed by atoms with Gasteiger partial charge in [-0.3, -0.25) is 4.99 Å². The van der Waals surface area contributed by atoms with E-state index >= 15 is 0 Å². The van der Waals surface area contributed by atoms with Crippen LogP contribution in [0.25, 0.3) is 45.1 Å². The molecule has 304 valence electrons. The summed E-state index contributed by atoms with van der Waals surface area (Å²) in [6, 6.07) is 45.4. The number of fused-ring (bicyclic) bond motifs is 3. The third kappa shape index (κ3) is 8.17. The van der Waals surface area contributed by atoms with Gasteiger partial charge in [-0.05, 0) is 114 Å². The Kier molecular flexibility index (Phi) is 11.2. The summed E-state index contributed by atoms with van der Waals surface area (Å²) in [5.41, 5.74) is 24.5. The summed E-state index contributed by atoms with van der Waals surface area (Å²) in [5, 5.41) is 5.30. The highest BCUT2D eigenvalue weighted by molar-refractivity contribution is 6.12. The van der Waals surface area contributed by atoms with Crippen LogP contribution < -0.4 is 11.1 Å². The molecule has 3 N–H and O–H groups in total. The SMILES string of the molecule is N/C(=C\C(=N/Cc1cccc(C2=CCCC(C3C=CC=CC3Nc3ccc(-c4cccc5c6c(n(C7=CC=CCC7)c45)C=CCC6)cc3)=C2)c1)c1ccccc1)c1ccccc1. The summed E-state index contributed by atoms with van der Waals surface area (Å²) in [6.07, 6.45) is 33.7. The maximum atomic E-state index is 6.58. The van der Waals surface area contributed by atoms with Crippen LogP contribution in [0, 0.1) is 5.92 Å². The second-order valence-corrected chi connectivity index (χ2v) is 16.7. The fourth-order valence-electron chi connectivity index (χ4n) is 9.53. The number of aromatic nitrogens is 1. The first kappa shape index (κ1) is 39.0. The minimum absolute atomic E-state index is 0.148. The molecule has 0 radical (unpaired) electrons. The molecule has 1 aromatic heterocycles. The number of rotatable bonds is 11. The molecule has 0 amide bonds. The van der Waals surface area contributed by atoms with Crippen molar-refractivity contribution in [2.75, 3.05) is 5.32 Å². The predicted molar refractivity (Wildman–Crippen MR) is 264 cm³/mol. The van der Waals surface area contributed by atoms with Gasteiger partial charge in [0.15, 0.2) is 0 Å². The topological polar surface area (TPSA) is 55.3 Å². The average molecular weight is 805 g/mol. The maximum absolute atomic E-state index is 6.58. The van der Waals surface area contributed by atoms with Crippen LogP contribution >= 0.6 is 0 Å². The summed E-state index contributed by atoms with van der Waals surface area (Å²) >= 11 is 0. The summed E-state index contributed by atoms with van der Waals surface area (Å²) in [5.74, 6) is 0.251. The summed E-state index contributed by atoms with van der Waals surface area (Å²) < 4.78 is 2.55. The molecule has 0 aliphatic heterocycles. The largest absolute Gasteiger partial charge is 0.398 e. The van der Waals surface area contributed by atoms with Gasteiger partial charge in [0.1, 0.15) is 0 Å². The molecule has 4 heteroatoms. The Morgan fingerprint density at radius 1 is 0.726 bits per heavy atom. The van der Waals surface area contributed by atoms with Crippen LogP contribution in [0.3, 0.4) is 0 Å². The lowest BCUT2D eigenvalue weighted by Gasteiger charge is -2.30. The molecule has 2 unspecified atom stereocenters. The maximum Gasteiger partial charge on any atom is 0.0671 e. The fourth-order valence-corrected chi connectivity index (χ4v) is 9.53. The summed E-state index contributed by atoms with van der Waals surface area (Å²) in [4.78, 5) is 5.12. The molecule has 62 heavy (non-hydrogen) atoms. The number of aliphatic imine (C=N–C) groups is 1. The number of anilines is 1. The van der Waals surface area contributed by atoms with Crippen molar-refractivity contribution in [1.29, 1.82) is 0 Å². The van der Waals surface area contributed by atoms with Gasteiger partial charge in [-0.15, -0.1) is 0 Å². The molecule has 4 aliphatic carbocycles. The van der Waals surface area contributed by atoms with Gasteiger partial charge in [-0.1, -0.05) is 169 Å². The first-order valence-electron chi connectivity index (χ1n) is 22.2. The van der Waals surface area contributed by atoms with Crippen molar-refractivity contribution < 1.29 is 0 Å². The van der Waals surface area contributed by atoms with Crippen molar-refractivity contribution in [3.05, 3.63) is 233 Å². The number of hydrogen-bond donors (Lipinski definition) is 2. The quantitative estimate of drug-likeness (QED) is 0.128. The van der Waals surface area contributed by atoms with Crippen LogP contribution in [-0.2, 0) is 13.0 Å². The van der Waals surface area contributed by atoms with Crippen molar-refractivity contribution >= 4 is 45.3 Å². The lowest BCUT2D eigenvalue weighted by molar-refractivity contribution is 0.652. The molecule has 0 bridgehead atoms. The highest BCUT2D eigenvalue weighted by Gasteiger charge is 2.25. The summed E-state index contributed by atoms with van der Waals surface area (Å²) in [7, 11) is 0. The van der Waals surface area contributed by atoms with E-state index in [4.69, 9.17) is 10.7 Å². The minimum Gasteiger partial charge on any atom is -0.398 e. The van der Waals surface area contributed by atoms with E-state index in [-0.39, 0.29) is 12.0 Å². The Morgan fingerprint density at radius 2 is 1.52 bits per heavy atom. The first-order chi connectivity index (χ1) is 30.7. The molecule has 5 aromatic carbocycles. The van der Waals surface area contributed by atoms with Gasteiger partial charge in [-0.25, -0.2) is 0 Å². The van der Waals surface area contributed by atoms with Gasteiger partial charge in [0.05, 0.1) is 23.8 Å². The number of benzene rings is 5. The van der Waals surface area contributed by atoms with Gasteiger partial charge in [0.25, 0.3) is 0 Å². The van der Waals surface area contributed by atoms with E-state index in [1.165, 1.54) is 55.7 Å². The molecule has 4 aliphatic rings. The Labute approximate surface area is 365 Å². The van der Waals surface area contributed by atoms with Crippen LogP contribution in [0.15, 0.2) is 205 Å². The Hall–Kier alpha value is -7.17. The number of para-hydroxylation sites is 1. The van der Waals surface area contributed by atoms with Crippen LogP contribution in [0.2, 0.25) is 0 Å². The van der Waals surface area contributed by atoms with Crippen LogP contribution in [0.5, 0.6) is 0 Å². The Balaban J connectivity index is 0.878. The smallest absolute Gasteiger partial charge is 0.0671 e. The third-order valence-corrected chi connectivity index (χ3v) is 12.6. The van der Waals surface area contributed by atoms with E-state index in [9.17, 15) is 0 Å². The van der Waals surface area contributed by atoms with Gasteiger partial charge in [0, 0.05) is 39.6 Å². The van der Waals surface area contributed by atoms with Crippen molar-refractivity contribution in [2.45, 2.75) is 51.1 Å². The second kappa shape index (κ2) is 17.8. The lowest BCUT2D eigenvalue weighted by Crippen LogP contribution is -2.29. The second-order valence-electron chi connectivity index (χ2n) is 16.7. The van der Waals surface area contributed by atoms with Crippen LogP contribution in [0.4, 0.5) is 5.69 Å². The molecule has 6 aromatic rings. The van der Waals surface area contributed by atoms with E-state index in [2.05, 4.69) is 156 Å². The monoisotopic (exact) mass is 804 g/mol. The zero-order valence-electron chi connectivity index (χ0n) is 35.1. The van der Waals surface area contributed by atoms with E-state index in [0.29, 0.717) is 12.2 Å². The van der Waals surface area contributed by atoms with E-state index in [1.54, 1.807) is 0 Å². The molecule has 10 rings (SSSR count). The first-order valence-corrected chi connectivity index (χ1v) is 22.2. The number of allylic oxidation sites excluding steroid dienone is 11. The molecule has 0 saturated heterocycles. The molecule has 0 saturated carbocycles.